The predicted octanol–water partition coefficient (Wildman–Crippen LogP) is 9.62. The fourth-order valence-electron chi connectivity index (χ4n) is 11.4. The number of azide groups is 1. The van der Waals surface area contributed by atoms with Gasteiger partial charge in [-0.1, -0.05) is 126 Å². The molecule has 6 nitrogen and oxygen atoms in total. The second-order valence-electron chi connectivity index (χ2n) is 17.9. The molecule has 0 aliphatic heterocycles. The van der Waals surface area contributed by atoms with Crippen molar-refractivity contribution in [3.8, 4) is 0 Å². The van der Waals surface area contributed by atoms with Crippen molar-refractivity contribution < 1.29 is 14.0 Å². The molecule has 9 atom stereocenters. The summed E-state index contributed by atoms with van der Waals surface area (Å²) in [6.07, 6.45) is 10.8. The maximum atomic E-state index is 13.9. The van der Waals surface area contributed by atoms with Gasteiger partial charge in [0.15, 0.2) is 0 Å². The topological polar surface area (TPSA) is 92.1 Å². The molecule has 0 radical (unpaired) electrons. The van der Waals surface area contributed by atoms with E-state index < -0.39 is 8.32 Å². The number of hydrogen-bond donors (Lipinski definition) is 0. The quantitative estimate of drug-likeness (QED) is 0.0772. The van der Waals surface area contributed by atoms with Crippen LogP contribution >= 0.6 is 0 Å². The highest BCUT2D eigenvalue weighted by Crippen LogP contribution is 2.66. The van der Waals surface area contributed by atoms with Gasteiger partial charge in [-0.3, -0.25) is 9.59 Å². The zero-order valence-corrected chi connectivity index (χ0v) is 32.5. The number of Topliss-reactive ketones (excluding diaryl/α,β-unsaturated/α-hetero) is 2. The lowest BCUT2D eigenvalue weighted by Gasteiger charge is -2.58. The molecular formula is C43H59N3O3Si. The van der Waals surface area contributed by atoms with E-state index in [2.05, 4.69) is 111 Å². The van der Waals surface area contributed by atoms with Gasteiger partial charge in [-0.15, -0.1) is 0 Å². The molecule has 0 spiro atoms. The second kappa shape index (κ2) is 14.2. The van der Waals surface area contributed by atoms with Gasteiger partial charge < -0.3 is 4.43 Å². The zero-order valence-electron chi connectivity index (χ0n) is 31.5. The van der Waals surface area contributed by atoms with Gasteiger partial charge in [-0.25, -0.2) is 0 Å². The summed E-state index contributed by atoms with van der Waals surface area (Å²) in [5.74, 6) is 1.58. The Morgan fingerprint density at radius 1 is 0.980 bits per heavy atom. The Kier molecular flexibility index (Phi) is 10.4. The Labute approximate surface area is 301 Å². The van der Waals surface area contributed by atoms with Gasteiger partial charge in [0.25, 0.3) is 8.32 Å². The van der Waals surface area contributed by atoms with Crippen LogP contribution in [0.2, 0.25) is 5.04 Å². The van der Waals surface area contributed by atoms with Gasteiger partial charge in [0, 0.05) is 42.2 Å². The van der Waals surface area contributed by atoms with E-state index in [9.17, 15) is 9.59 Å². The molecule has 0 bridgehead atoms. The minimum absolute atomic E-state index is 0.0510. The van der Waals surface area contributed by atoms with Crippen molar-refractivity contribution in [1.29, 1.82) is 0 Å². The van der Waals surface area contributed by atoms with E-state index in [1.807, 2.05) is 13.8 Å². The Hall–Kier alpha value is -2.99. The predicted molar refractivity (Wildman–Crippen MR) is 205 cm³/mol. The zero-order chi connectivity index (χ0) is 35.9. The Balaban J connectivity index is 1.22. The number of fused-ring (bicyclic) bond motifs is 5. The van der Waals surface area contributed by atoms with Gasteiger partial charge >= 0.3 is 0 Å². The molecule has 0 unspecified atom stereocenters. The SMILES string of the molecule is C[C@H](CCC(=O)[C@@H](C)[C@H]1C(=O)C[C@H]2[C@@H]3CC=C4C[C@@H](O[Si](c5ccccc5)(c5ccccc5)C(C)(C)C)CC[C@]4(C)[C@H]3CC[C@]12C)CN=[N+]=[N-]. The summed E-state index contributed by atoms with van der Waals surface area (Å²) < 4.78 is 7.66. The third-order valence-corrected chi connectivity index (χ3v) is 19.2. The number of hydrogen-bond acceptors (Lipinski definition) is 4. The summed E-state index contributed by atoms with van der Waals surface area (Å²) >= 11 is 0. The van der Waals surface area contributed by atoms with Gasteiger partial charge in [0.05, 0.1) is 0 Å². The van der Waals surface area contributed by atoms with E-state index in [0.29, 0.717) is 49.3 Å². The molecule has 6 rings (SSSR count). The number of carbonyl (C=O) groups is 2. The molecule has 7 heteroatoms. The highest BCUT2D eigenvalue weighted by molar-refractivity contribution is 6.99. The number of nitrogens with zero attached hydrogens (tertiary/aromatic N) is 3. The van der Waals surface area contributed by atoms with Crippen LogP contribution in [0.4, 0.5) is 0 Å². The van der Waals surface area contributed by atoms with Gasteiger partial charge in [-0.05, 0) is 100 Å². The van der Waals surface area contributed by atoms with E-state index in [-0.39, 0.29) is 45.5 Å². The Bertz CT molecular complexity index is 1590. The Morgan fingerprint density at radius 3 is 2.22 bits per heavy atom. The van der Waals surface area contributed by atoms with Crippen LogP contribution in [0.25, 0.3) is 10.4 Å². The second-order valence-corrected chi connectivity index (χ2v) is 22.2. The van der Waals surface area contributed by atoms with E-state index in [4.69, 9.17) is 9.96 Å². The van der Waals surface area contributed by atoms with Crippen molar-refractivity contribution in [2.75, 3.05) is 6.54 Å². The van der Waals surface area contributed by atoms with Crippen molar-refractivity contribution >= 4 is 30.3 Å². The highest BCUT2D eigenvalue weighted by Gasteiger charge is 2.63. The van der Waals surface area contributed by atoms with Crippen LogP contribution in [-0.2, 0) is 14.0 Å². The number of allylic oxidation sites excluding steroid dienone is 1. The fraction of sp³-hybridized carbons (Fsp3) is 0.628. The summed E-state index contributed by atoms with van der Waals surface area (Å²) in [7, 11) is -2.65. The Morgan fingerprint density at radius 2 is 1.62 bits per heavy atom. The highest BCUT2D eigenvalue weighted by atomic mass is 28.4. The largest absolute Gasteiger partial charge is 0.404 e. The summed E-state index contributed by atoms with van der Waals surface area (Å²) in [6, 6.07) is 22.0. The lowest BCUT2D eigenvalue weighted by molar-refractivity contribution is -0.134. The van der Waals surface area contributed by atoms with Crippen molar-refractivity contribution in [2.24, 2.45) is 51.5 Å². The normalized spacial score (nSPS) is 32.1. The van der Waals surface area contributed by atoms with Gasteiger partial charge in [0.2, 0.25) is 0 Å². The first-order chi connectivity index (χ1) is 23.8. The van der Waals surface area contributed by atoms with E-state index in [0.717, 1.165) is 38.5 Å². The number of rotatable bonds is 11. The minimum atomic E-state index is -2.65. The molecule has 0 saturated heterocycles. The van der Waals surface area contributed by atoms with Crippen LogP contribution < -0.4 is 10.4 Å². The molecule has 2 aromatic rings. The molecule has 4 aliphatic carbocycles. The summed E-state index contributed by atoms with van der Waals surface area (Å²) in [5.41, 5.74) is 10.2. The van der Waals surface area contributed by atoms with Crippen molar-refractivity contribution in [3.05, 3.63) is 82.8 Å². The number of ketones is 2. The lowest BCUT2D eigenvalue weighted by Crippen LogP contribution is -2.68. The van der Waals surface area contributed by atoms with E-state index in [1.165, 1.54) is 10.4 Å². The third-order valence-electron chi connectivity index (χ3n) is 14.1. The molecule has 0 aromatic heterocycles. The molecule has 3 saturated carbocycles. The molecule has 3 fully saturated rings. The average molecular weight is 694 g/mol. The van der Waals surface area contributed by atoms with Crippen LogP contribution in [0.1, 0.15) is 106 Å². The smallest absolute Gasteiger partial charge is 0.261 e. The minimum Gasteiger partial charge on any atom is -0.404 e. The molecule has 2 aromatic carbocycles. The molecule has 268 valence electrons. The first-order valence-corrected chi connectivity index (χ1v) is 21.2. The standard InChI is InChI=1S/C43H59N3O3Si/c1-29(28-45-46-44)18-21-38(47)30(2)40-39(48)27-37-35-20-19-31-26-32(22-24-42(31,6)36(35)23-25-43(37,40)7)49-50(41(3,4)5,33-14-10-8-11-15-33)34-16-12-9-13-17-34/h8-17,19,29-30,32,35-37,40H,18,20-28H2,1-7H3/t29-,30-,32+,35-,36+,37+,40+,42+,43+/m1/s1. The molecule has 50 heavy (non-hydrogen) atoms. The molecule has 4 aliphatic rings. The number of benzene rings is 2. The lowest BCUT2D eigenvalue weighted by atomic mass is 9.47. The first-order valence-electron chi connectivity index (χ1n) is 19.3. The van der Waals surface area contributed by atoms with E-state index in [1.54, 1.807) is 5.57 Å². The van der Waals surface area contributed by atoms with Gasteiger partial charge in [0.1, 0.15) is 11.6 Å². The summed E-state index contributed by atoms with van der Waals surface area (Å²) in [5, 5.41) is 6.31. The maximum absolute atomic E-state index is 13.9. The third kappa shape index (κ3) is 6.37. The van der Waals surface area contributed by atoms with E-state index >= 15 is 0 Å². The van der Waals surface area contributed by atoms with Crippen molar-refractivity contribution in [1.82, 2.24) is 0 Å². The average Bonchev–Trinajstić information content (AvgIpc) is 3.38. The monoisotopic (exact) mass is 693 g/mol. The van der Waals surface area contributed by atoms with Crippen LogP contribution in [0.3, 0.4) is 0 Å². The summed E-state index contributed by atoms with van der Waals surface area (Å²) in [6.45, 7) is 16.4. The molecule has 0 amide bonds. The van der Waals surface area contributed by atoms with Crippen molar-refractivity contribution in [3.63, 3.8) is 0 Å². The summed E-state index contributed by atoms with van der Waals surface area (Å²) in [4.78, 5) is 30.2. The number of carbonyl (C=O) groups excluding carboxylic acids is 2. The first kappa shape index (κ1) is 36.8. The van der Waals surface area contributed by atoms with Crippen LogP contribution in [0, 0.1) is 46.3 Å². The maximum Gasteiger partial charge on any atom is 0.261 e. The molecule has 0 heterocycles. The molecule has 0 N–H and O–H groups in total. The van der Waals surface area contributed by atoms with Crippen LogP contribution in [-0.4, -0.2) is 32.5 Å². The van der Waals surface area contributed by atoms with Gasteiger partial charge in [-0.2, -0.15) is 0 Å². The molecular weight excluding hydrogens is 635 g/mol. The van der Waals surface area contributed by atoms with Crippen LogP contribution in [0.5, 0.6) is 0 Å². The fourth-order valence-corrected chi connectivity index (χ4v) is 16.1. The van der Waals surface area contributed by atoms with Crippen molar-refractivity contribution in [2.45, 2.75) is 117 Å². The van der Waals surface area contributed by atoms with Crippen LogP contribution in [0.15, 0.2) is 77.4 Å².